The van der Waals surface area contributed by atoms with Gasteiger partial charge in [0.05, 0.1) is 23.1 Å². The van der Waals surface area contributed by atoms with E-state index in [1.165, 1.54) is 0 Å². The topological polar surface area (TPSA) is 63.0 Å². The van der Waals surface area contributed by atoms with Crippen molar-refractivity contribution in [3.05, 3.63) is 37.0 Å². The Morgan fingerprint density at radius 2 is 2.19 bits per heavy atom. The average molecular weight is 215 g/mol. The normalized spacial score (nSPS) is 10.6. The van der Waals surface area contributed by atoms with Gasteiger partial charge >= 0.3 is 0 Å². The van der Waals surface area contributed by atoms with Crippen LogP contribution in [-0.4, -0.2) is 4.98 Å². The zero-order chi connectivity index (χ0) is 11.4. The minimum Gasteiger partial charge on any atom is -0.396 e. The molecule has 0 amide bonds. The Hall–Kier alpha value is -1.81. The molecule has 4 nitrogen and oxygen atoms in total. The number of hydrazine groups is 1. The summed E-state index contributed by atoms with van der Waals surface area (Å²) in [4.78, 5) is 4.27. The van der Waals surface area contributed by atoms with Crippen LogP contribution in [0.3, 0.4) is 0 Å². The SMILES string of the molecule is CC[CH]NNc1c(N)cnc2ccccc12. The number of fused-ring (bicyclic) bond motifs is 1. The molecule has 0 bridgehead atoms. The van der Waals surface area contributed by atoms with Crippen LogP contribution in [0.5, 0.6) is 0 Å². The van der Waals surface area contributed by atoms with Crippen molar-refractivity contribution in [2.24, 2.45) is 0 Å². The number of benzene rings is 1. The Bertz CT molecular complexity index is 481. The number of nitrogen functional groups attached to an aromatic ring is 1. The van der Waals surface area contributed by atoms with Crippen LogP contribution in [0, 0.1) is 6.54 Å². The molecule has 83 valence electrons. The maximum atomic E-state index is 5.89. The average Bonchev–Trinajstić information content (AvgIpc) is 2.32. The van der Waals surface area contributed by atoms with E-state index in [2.05, 4.69) is 22.8 Å². The van der Waals surface area contributed by atoms with Gasteiger partial charge in [-0.1, -0.05) is 25.1 Å². The summed E-state index contributed by atoms with van der Waals surface area (Å²) in [5.74, 6) is 0. The highest BCUT2D eigenvalue weighted by Crippen LogP contribution is 2.26. The van der Waals surface area contributed by atoms with Crippen molar-refractivity contribution >= 4 is 22.3 Å². The summed E-state index contributed by atoms with van der Waals surface area (Å²) in [6.07, 6.45) is 2.61. The fourth-order valence-electron chi connectivity index (χ4n) is 1.52. The van der Waals surface area contributed by atoms with Crippen molar-refractivity contribution in [2.45, 2.75) is 13.3 Å². The summed E-state index contributed by atoms with van der Waals surface area (Å²) in [7, 11) is 0. The number of nitrogens with two attached hydrogens (primary N) is 1. The van der Waals surface area contributed by atoms with E-state index in [4.69, 9.17) is 5.73 Å². The van der Waals surface area contributed by atoms with Gasteiger partial charge in [-0.25, -0.2) is 5.43 Å². The number of nitrogens with one attached hydrogen (secondary N) is 2. The standard InChI is InChI=1S/C12H15N4/c1-2-7-15-16-12-9-5-3-4-6-11(9)14-8-10(12)13/h3-8,15H,2,13H2,1H3,(H,14,16). The predicted octanol–water partition coefficient (Wildman–Crippen LogP) is 2.31. The molecule has 0 aliphatic rings. The van der Waals surface area contributed by atoms with Gasteiger partial charge in [0.15, 0.2) is 0 Å². The van der Waals surface area contributed by atoms with Gasteiger partial charge in [-0.2, -0.15) is 0 Å². The molecule has 0 saturated carbocycles. The van der Waals surface area contributed by atoms with E-state index in [-0.39, 0.29) is 0 Å². The molecule has 1 aromatic heterocycles. The fraction of sp³-hybridized carbons (Fsp3) is 0.167. The second-order valence-corrected chi connectivity index (χ2v) is 3.49. The molecule has 0 spiro atoms. The number of rotatable bonds is 4. The molecule has 0 unspecified atom stereocenters. The highest BCUT2D eigenvalue weighted by atomic mass is 15.4. The van der Waals surface area contributed by atoms with Crippen LogP contribution in [0.2, 0.25) is 0 Å². The Labute approximate surface area is 94.8 Å². The minimum atomic E-state index is 0.635. The summed E-state index contributed by atoms with van der Waals surface area (Å²) in [6, 6.07) is 7.89. The summed E-state index contributed by atoms with van der Waals surface area (Å²) < 4.78 is 0. The van der Waals surface area contributed by atoms with Crippen molar-refractivity contribution in [1.29, 1.82) is 0 Å². The lowest BCUT2D eigenvalue weighted by Crippen LogP contribution is -2.19. The third-order valence-electron chi connectivity index (χ3n) is 2.31. The molecule has 0 aliphatic carbocycles. The summed E-state index contributed by atoms with van der Waals surface area (Å²) >= 11 is 0. The van der Waals surface area contributed by atoms with E-state index in [9.17, 15) is 0 Å². The maximum Gasteiger partial charge on any atom is 0.0829 e. The van der Waals surface area contributed by atoms with Crippen LogP contribution in [0.15, 0.2) is 30.5 Å². The molecule has 4 heteroatoms. The lowest BCUT2D eigenvalue weighted by molar-refractivity contribution is 0.877. The van der Waals surface area contributed by atoms with Crippen LogP contribution in [0.25, 0.3) is 10.9 Å². The van der Waals surface area contributed by atoms with Crippen molar-refractivity contribution in [2.75, 3.05) is 11.2 Å². The summed E-state index contributed by atoms with van der Waals surface area (Å²) in [5.41, 5.74) is 14.4. The molecule has 2 rings (SSSR count). The largest absolute Gasteiger partial charge is 0.396 e. The van der Waals surface area contributed by atoms with Crippen molar-refractivity contribution in [1.82, 2.24) is 10.4 Å². The number of hydrogen-bond acceptors (Lipinski definition) is 4. The monoisotopic (exact) mass is 215 g/mol. The highest BCUT2D eigenvalue weighted by molar-refractivity contribution is 5.96. The first kappa shape index (κ1) is 10.7. The number of aromatic nitrogens is 1. The van der Waals surface area contributed by atoms with Crippen LogP contribution in [-0.2, 0) is 0 Å². The predicted molar refractivity (Wildman–Crippen MR) is 67.5 cm³/mol. The molecule has 2 aromatic rings. The molecular formula is C12H15N4. The van der Waals surface area contributed by atoms with E-state index in [1.54, 1.807) is 6.20 Å². The van der Waals surface area contributed by atoms with E-state index in [0.717, 1.165) is 23.0 Å². The smallest absolute Gasteiger partial charge is 0.0829 e. The van der Waals surface area contributed by atoms with Gasteiger partial charge in [-0.05, 0) is 12.5 Å². The third-order valence-corrected chi connectivity index (χ3v) is 2.31. The van der Waals surface area contributed by atoms with E-state index < -0.39 is 0 Å². The van der Waals surface area contributed by atoms with Gasteiger partial charge in [0.1, 0.15) is 0 Å². The molecule has 1 aromatic carbocycles. The molecule has 1 heterocycles. The number of anilines is 2. The lowest BCUT2D eigenvalue weighted by atomic mass is 10.2. The zero-order valence-corrected chi connectivity index (χ0v) is 9.20. The third kappa shape index (κ3) is 2.06. The van der Waals surface area contributed by atoms with E-state index in [0.29, 0.717) is 5.69 Å². The van der Waals surface area contributed by atoms with Gasteiger partial charge in [0, 0.05) is 11.9 Å². The number of pyridine rings is 1. The zero-order valence-electron chi connectivity index (χ0n) is 9.20. The van der Waals surface area contributed by atoms with Crippen molar-refractivity contribution < 1.29 is 0 Å². The molecule has 0 atom stereocenters. The molecule has 16 heavy (non-hydrogen) atoms. The fourth-order valence-corrected chi connectivity index (χ4v) is 1.52. The van der Waals surface area contributed by atoms with Crippen molar-refractivity contribution in [3.63, 3.8) is 0 Å². The Morgan fingerprint density at radius 3 is 3.00 bits per heavy atom. The first-order valence-corrected chi connectivity index (χ1v) is 5.29. The lowest BCUT2D eigenvalue weighted by Gasteiger charge is -2.12. The van der Waals surface area contributed by atoms with Gasteiger partial charge in [0.25, 0.3) is 0 Å². The van der Waals surface area contributed by atoms with Crippen LogP contribution in [0.4, 0.5) is 11.4 Å². The minimum absolute atomic E-state index is 0.635. The first-order valence-electron chi connectivity index (χ1n) is 5.29. The van der Waals surface area contributed by atoms with Crippen LogP contribution in [0.1, 0.15) is 13.3 Å². The number of para-hydroxylation sites is 1. The molecule has 0 aliphatic heterocycles. The maximum absolute atomic E-state index is 5.89. The quantitative estimate of drug-likeness (QED) is 0.541. The van der Waals surface area contributed by atoms with Gasteiger partial charge < -0.3 is 11.2 Å². The molecule has 4 N–H and O–H groups in total. The second-order valence-electron chi connectivity index (χ2n) is 3.49. The number of hydrogen-bond donors (Lipinski definition) is 3. The second kappa shape index (κ2) is 4.81. The van der Waals surface area contributed by atoms with Gasteiger partial charge in [0.2, 0.25) is 0 Å². The van der Waals surface area contributed by atoms with Gasteiger partial charge in [-0.15, -0.1) is 0 Å². The number of nitrogens with zero attached hydrogens (tertiary/aromatic N) is 1. The summed E-state index contributed by atoms with van der Waals surface area (Å²) in [5, 5.41) is 1.01. The molecule has 0 saturated heterocycles. The van der Waals surface area contributed by atoms with E-state index in [1.807, 2.05) is 30.8 Å². The Balaban J connectivity index is 2.37. The summed E-state index contributed by atoms with van der Waals surface area (Å²) in [6.45, 7) is 3.98. The van der Waals surface area contributed by atoms with Crippen molar-refractivity contribution in [3.8, 4) is 0 Å². The van der Waals surface area contributed by atoms with E-state index >= 15 is 0 Å². The Kier molecular flexibility index (Phi) is 3.22. The van der Waals surface area contributed by atoms with Crippen LogP contribution >= 0.6 is 0 Å². The molecular weight excluding hydrogens is 200 g/mol. The highest BCUT2D eigenvalue weighted by Gasteiger charge is 2.04. The first-order chi connectivity index (χ1) is 7.83. The van der Waals surface area contributed by atoms with Crippen LogP contribution < -0.4 is 16.6 Å². The van der Waals surface area contributed by atoms with Gasteiger partial charge in [-0.3, -0.25) is 4.98 Å². The molecule has 0 fully saturated rings. The Morgan fingerprint density at radius 1 is 1.38 bits per heavy atom. The molecule has 1 radical (unpaired) electrons.